The molecule has 1 heterocycles. The van der Waals surface area contributed by atoms with Gasteiger partial charge in [0.2, 0.25) is 0 Å². The molecule has 102 valence electrons. The average molecular weight is 297 g/mol. The lowest BCUT2D eigenvalue weighted by Gasteiger charge is -2.04. The molecule has 0 radical (unpaired) electrons. The molecule has 0 amide bonds. The van der Waals surface area contributed by atoms with E-state index in [0.29, 0.717) is 25.7 Å². The van der Waals surface area contributed by atoms with Crippen LogP contribution in [0.4, 0.5) is 0 Å². The summed E-state index contributed by atoms with van der Waals surface area (Å²) in [6, 6.07) is 0. The van der Waals surface area contributed by atoms with E-state index >= 15 is 0 Å². The van der Waals surface area contributed by atoms with Crippen molar-refractivity contribution in [3.05, 3.63) is 31.6 Å². The normalized spacial score (nSPS) is 11.7. The number of rotatable bonds is 6. The topological polar surface area (TPSA) is 123 Å². The van der Waals surface area contributed by atoms with E-state index in [1.807, 2.05) is 0 Å². The summed E-state index contributed by atoms with van der Waals surface area (Å²) in [6.07, 6.45) is 1.70. The molecule has 0 bridgehead atoms. The van der Waals surface area contributed by atoms with Crippen molar-refractivity contribution in [3.8, 4) is 0 Å². The predicted molar refractivity (Wildman–Crippen MR) is 67.2 cm³/mol. The highest BCUT2D eigenvalue weighted by Gasteiger charge is 2.12. The van der Waals surface area contributed by atoms with E-state index in [2.05, 4.69) is 9.97 Å². The fourth-order valence-electron chi connectivity index (χ4n) is 1.50. The Bertz CT molecular complexity index is 561. The Kier molecular flexibility index (Phi) is 5.34. The van der Waals surface area contributed by atoms with Crippen molar-refractivity contribution in [3.63, 3.8) is 0 Å². The van der Waals surface area contributed by atoms with Crippen LogP contribution in [0.1, 0.15) is 24.8 Å². The number of hydrogen-bond acceptors (Lipinski definition) is 3. The van der Waals surface area contributed by atoms with E-state index in [-0.39, 0.29) is 16.9 Å². The summed E-state index contributed by atoms with van der Waals surface area (Å²) in [6.45, 7) is 0. The van der Waals surface area contributed by atoms with Crippen LogP contribution in [0.25, 0.3) is 0 Å². The van der Waals surface area contributed by atoms with Crippen molar-refractivity contribution < 1.29 is 14.4 Å². The first kappa shape index (κ1) is 15.2. The Hall–Kier alpha value is -0.880. The zero-order valence-electron chi connectivity index (χ0n) is 9.48. The van der Waals surface area contributed by atoms with Crippen molar-refractivity contribution in [2.24, 2.45) is 0 Å². The van der Waals surface area contributed by atoms with Crippen LogP contribution >= 0.6 is 19.2 Å². The molecule has 0 aliphatic heterocycles. The van der Waals surface area contributed by atoms with Crippen LogP contribution < -0.4 is 11.2 Å². The maximum absolute atomic E-state index is 11.4. The molecule has 0 saturated heterocycles. The SMILES string of the molecule is O=c1[nH]c(Cl)c(CCCCCP(=O)(O)O)c(=O)[nH]1. The third kappa shape index (κ3) is 5.18. The summed E-state index contributed by atoms with van der Waals surface area (Å²) in [5.74, 6) is 0. The maximum Gasteiger partial charge on any atom is 0.326 e. The molecule has 0 aromatic carbocycles. The lowest BCUT2D eigenvalue weighted by Crippen LogP contribution is -2.25. The minimum Gasteiger partial charge on any atom is -0.324 e. The second kappa shape index (κ2) is 6.33. The lowest BCUT2D eigenvalue weighted by molar-refractivity contribution is 0.371. The Morgan fingerprint density at radius 2 is 1.78 bits per heavy atom. The molecule has 1 rings (SSSR count). The summed E-state index contributed by atoms with van der Waals surface area (Å²) in [5.41, 5.74) is -0.901. The molecule has 0 atom stereocenters. The third-order valence-corrected chi connectivity index (χ3v) is 3.59. The Labute approximate surface area is 107 Å². The van der Waals surface area contributed by atoms with E-state index in [1.165, 1.54) is 0 Å². The minimum absolute atomic E-state index is 0.0127. The third-order valence-electron chi connectivity index (χ3n) is 2.37. The molecule has 0 aliphatic rings. The number of nitrogens with one attached hydrogen (secondary N) is 2. The van der Waals surface area contributed by atoms with Gasteiger partial charge < -0.3 is 9.79 Å². The van der Waals surface area contributed by atoms with Crippen LogP contribution in [-0.2, 0) is 11.0 Å². The van der Waals surface area contributed by atoms with Gasteiger partial charge in [0.05, 0.1) is 5.56 Å². The molecule has 0 saturated carbocycles. The lowest BCUT2D eigenvalue weighted by atomic mass is 10.1. The van der Waals surface area contributed by atoms with E-state index < -0.39 is 18.8 Å². The van der Waals surface area contributed by atoms with Gasteiger partial charge in [0.25, 0.3) is 5.56 Å². The van der Waals surface area contributed by atoms with E-state index in [9.17, 15) is 14.2 Å². The maximum atomic E-state index is 11.4. The van der Waals surface area contributed by atoms with Gasteiger partial charge in [0.15, 0.2) is 0 Å². The van der Waals surface area contributed by atoms with Crippen molar-refractivity contribution >= 4 is 19.2 Å². The number of unbranched alkanes of at least 4 members (excludes halogenated alkanes) is 2. The van der Waals surface area contributed by atoms with Crippen molar-refractivity contribution in [2.75, 3.05) is 6.16 Å². The van der Waals surface area contributed by atoms with Gasteiger partial charge in [-0.25, -0.2) is 4.79 Å². The van der Waals surface area contributed by atoms with Gasteiger partial charge in [-0.1, -0.05) is 18.0 Å². The van der Waals surface area contributed by atoms with Gasteiger partial charge in [0, 0.05) is 6.16 Å². The number of H-pyrrole nitrogens is 2. The molecule has 9 heteroatoms. The highest BCUT2D eigenvalue weighted by atomic mass is 35.5. The quantitative estimate of drug-likeness (QED) is 0.348. The minimum atomic E-state index is -3.94. The zero-order valence-corrected chi connectivity index (χ0v) is 11.1. The Morgan fingerprint density at radius 3 is 2.33 bits per heavy atom. The van der Waals surface area contributed by atoms with Crippen LogP contribution in [0.2, 0.25) is 5.15 Å². The fourth-order valence-corrected chi connectivity index (χ4v) is 2.41. The van der Waals surface area contributed by atoms with E-state index in [1.54, 1.807) is 0 Å². The first-order valence-corrected chi connectivity index (χ1v) is 7.53. The van der Waals surface area contributed by atoms with E-state index in [0.717, 1.165) is 0 Å². The number of aromatic nitrogens is 2. The number of halogens is 1. The van der Waals surface area contributed by atoms with Crippen LogP contribution in [0.3, 0.4) is 0 Å². The Morgan fingerprint density at radius 1 is 1.11 bits per heavy atom. The summed E-state index contributed by atoms with van der Waals surface area (Å²) >= 11 is 5.72. The van der Waals surface area contributed by atoms with Gasteiger partial charge in [0.1, 0.15) is 5.15 Å². The molecular weight excluding hydrogens is 283 g/mol. The standard InChI is InChI=1S/C9H14ClN2O5P/c10-7-6(8(13)12-9(14)11-7)4-2-1-3-5-18(15,16)17/h1-5H2,(H2,15,16,17)(H2,11,12,13,14). The fraction of sp³-hybridized carbons (Fsp3) is 0.556. The monoisotopic (exact) mass is 296 g/mol. The number of hydrogen-bond donors (Lipinski definition) is 4. The molecule has 0 fully saturated rings. The molecular formula is C9H14ClN2O5P. The average Bonchev–Trinajstić information content (AvgIpc) is 2.19. The van der Waals surface area contributed by atoms with Gasteiger partial charge >= 0.3 is 13.3 Å². The summed E-state index contributed by atoms with van der Waals surface area (Å²) in [5, 5.41) is 0.0127. The van der Waals surface area contributed by atoms with Gasteiger partial charge in [-0.2, -0.15) is 0 Å². The first-order valence-electron chi connectivity index (χ1n) is 5.35. The highest BCUT2D eigenvalue weighted by molar-refractivity contribution is 7.51. The predicted octanol–water partition coefficient (Wildman–Crippen LogP) is 0.607. The Balaban J connectivity index is 2.48. The molecule has 1 aromatic rings. The second-order valence-electron chi connectivity index (χ2n) is 3.90. The van der Waals surface area contributed by atoms with Gasteiger partial charge in [-0.05, 0) is 19.3 Å². The van der Waals surface area contributed by atoms with Gasteiger partial charge in [-0.15, -0.1) is 0 Å². The second-order valence-corrected chi connectivity index (χ2v) is 6.05. The van der Waals surface area contributed by atoms with Gasteiger partial charge in [-0.3, -0.25) is 19.3 Å². The summed E-state index contributed by atoms with van der Waals surface area (Å²) in [7, 11) is -3.94. The van der Waals surface area contributed by atoms with Crippen LogP contribution in [-0.4, -0.2) is 25.9 Å². The molecule has 0 aliphatic carbocycles. The first-order chi connectivity index (χ1) is 8.29. The summed E-state index contributed by atoms with van der Waals surface area (Å²) in [4.78, 5) is 43.9. The largest absolute Gasteiger partial charge is 0.326 e. The van der Waals surface area contributed by atoms with Crippen LogP contribution in [0.15, 0.2) is 9.59 Å². The van der Waals surface area contributed by atoms with E-state index in [4.69, 9.17) is 21.4 Å². The molecule has 7 nitrogen and oxygen atoms in total. The van der Waals surface area contributed by atoms with Crippen molar-refractivity contribution in [2.45, 2.75) is 25.7 Å². The van der Waals surface area contributed by atoms with Crippen LogP contribution in [0, 0.1) is 0 Å². The van der Waals surface area contributed by atoms with Crippen molar-refractivity contribution in [1.29, 1.82) is 0 Å². The van der Waals surface area contributed by atoms with Crippen LogP contribution in [0.5, 0.6) is 0 Å². The van der Waals surface area contributed by atoms with Crippen molar-refractivity contribution in [1.82, 2.24) is 9.97 Å². The smallest absolute Gasteiger partial charge is 0.324 e. The molecule has 0 unspecified atom stereocenters. The highest BCUT2D eigenvalue weighted by Crippen LogP contribution is 2.35. The molecule has 1 aromatic heterocycles. The molecule has 0 spiro atoms. The molecule has 18 heavy (non-hydrogen) atoms. The summed E-state index contributed by atoms with van der Waals surface area (Å²) < 4.78 is 10.6. The zero-order chi connectivity index (χ0) is 13.8. The number of aromatic amines is 2. The molecule has 4 N–H and O–H groups in total.